The van der Waals surface area contributed by atoms with Crippen molar-refractivity contribution in [3.8, 4) is 0 Å². The lowest BCUT2D eigenvalue weighted by Crippen LogP contribution is -2.55. The average Bonchev–Trinajstić information content (AvgIpc) is 2.93. The predicted molar refractivity (Wildman–Crippen MR) is 168 cm³/mol. The van der Waals surface area contributed by atoms with E-state index in [1.807, 2.05) is 44.2 Å². The first kappa shape index (κ1) is 35.8. The Morgan fingerprint density at radius 3 is 2.02 bits per heavy atom. The number of amides is 4. The number of rotatable bonds is 13. The van der Waals surface area contributed by atoms with E-state index in [1.54, 1.807) is 52.8 Å². The van der Waals surface area contributed by atoms with Gasteiger partial charge in [-0.3, -0.25) is 14.4 Å². The van der Waals surface area contributed by atoms with E-state index in [0.29, 0.717) is 12.1 Å². The number of alkyl carbamates (subject to hydrolysis) is 1. The summed E-state index contributed by atoms with van der Waals surface area (Å²) >= 11 is 0. The van der Waals surface area contributed by atoms with Gasteiger partial charge >= 0.3 is 12.1 Å². The molecule has 0 saturated carbocycles. The van der Waals surface area contributed by atoms with Crippen LogP contribution >= 0.6 is 0 Å². The molecule has 4 amide bonds. The molecule has 3 atom stereocenters. The van der Waals surface area contributed by atoms with Gasteiger partial charge in [0.2, 0.25) is 11.8 Å². The maximum atomic E-state index is 13.3. The second kappa shape index (κ2) is 16.4. The molecule has 0 radical (unpaired) electrons. The summed E-state index contributed by atoms with van der Waals surface area (Å²) < 4.78 is 10.2. The van der Waals surface area contributed by atoms with Gasteiger partial charge in [0, 0.05) is 17.7 Å². The highest BCUT2D eigenvalue weighted by molar-refractivity contribution is 6.01. The lowest BCUT2D eigenvalue weighted by Gasteiger charge is -2.27. The number of methoxy groups -OCH3 is 1. The van der Waals surface area contributed by atoms with Crippen LogP contribution in [0.25, 0.3) is 0 Å². The van der Waals surface area contributed by atoms with E-state index in [2.05, 4.69) is 21.3 Å². The first-order valence-electron chi connectivity index (χ1n) is 14.7. The Kier molecular flexibility index (Phi) is 13.4. The zero-order chi connectivity index (χ0) is 33.0. The van der Waals surface area contributed by atoms with Crippen LogP contribution in [0.2, 0.25) is 0 Å². The van der Waals surface area contributed by atoms with Crippen LogP contribution < -0.4 is 21.3 Å². The quantitative estimate of drug-likeness (QED) is 0.248. The SMILES string of the molecule is COC(=O)[C@H](Cc1ccccc1)NC(=O)c1cccc(NC(=O)[C@@H](NC(=O)[C@H](CC(C)C)NC(=O)OC(C)(C)C)C(C)C)c1. The van der Waals surface area contributed by atoms with Gasteiger partial charge in [0.15, 0.2) is 0 Å². The third-order valence-corrected chi connectivity index (χ3v) is 6.43. The number of esters is 1. The van der Waals surface area contributed by atoms with E-state index in [4.69, 9.17) is 9.47 Å². The summed E-state index contributed by atoms with van der Waals surface area (Å²) in [7, 11) is 1.26. The molecule has 0 aromatic heterocycles. The lowest BCUT2D eigenvalue weighted by atomic mass is 10.00. The van der Waals surface area contributed by atoms with Crippen molar-refractivity contribution < 1.29 is 33.4 Å². The monoisotopic (exact) mass is 610 g/mol. The van der Waals surface area contributed by atoms with Crippen LogP contribution in [0.5, 0.6) is 0 Å². The molecule has 0 fully saturated rings. The fourth-order valence-corrected chi connectivity index (χ4v) is 4.33. The zero-order valence-corrected chi connectivity index (χ0v) is 26.9. The molecule has 4 N–H and O–H groups in total. The first-order chi connectivity index (χ1) is 20.6. The second-order valence-electron chi connectivity index (χ2n) is 12.4. The molecule has 2 aromatic rings. The number of hydrogen-bond donors (Lipinski definition) is 4. The Morgan fingerprint density at radius 2 is 1.45 bits per heavy atom. The van der Waals surface area contributed by atoms with Crippen molar-refractivity contribution in [1.29, 1.82) is 0 Å². The van der Waals surface area contributed by atoms with Gasteiger partial charge in [-0.1, -0.05) is 64.1 Å². The molecule has 11 nitrogen and oxygen atoms in total. The Hall–Kier alpha value is -4.41. The summed E-state index contributed by atoms with van der Waals surface area (Å²) in [6.07, 6.45) is -0.144. The van der Waals surface area contributed by atoms with E-state index >= 15 is 0 Å². The highest BCUT2D eigenvalue weighted by atomic mass is 16.6. The van der Waals surface area contributed by atoms with Crippen molar-refractivity contribution in [1.82, 2.24) is 16.0 Å². The molecule has 0 aliphatic heterocycles. The molecule has 2 aromatic carbocycles. The predicted octanol–water partition coefficient (Wildman–Crippen LogP) is 4.22. The van der Waals surface area contributed by atoms with E-state index in [9.17, 15) is 24.0 Å². The molecule has 0 unspecified atom stereocenters. The van der Waals surface area contributed by atoms with Crippen LogP contribution in [0, 0.1) is 11.8 Å². The molecule has 0 bridgehead atoms. The summed E-state index contributed by atoms with van der Waals surface area (Å²) in [4.78, 5) is 64.5. The highest BCUT2D eigenvalue weighted by Crippen LogP contribution is 2.15. The molecule has 44 heavy (non-hydrogen) atoms. The molecule has 0 aliphatic carbocycles. The van der Waals surface area contributed by atoms with E-state index in [1.165, 1.54) is 13.2 Å². The normalized spacial score (nSPS) is 13.3. The molecule has 240 valence electrons. The van der Waals surface area contributed by atoms with Gasteiger partial charge in [-0.15, -0.1) is 0 Å². The number of benzene rings is 2. The largest absolute Gasteiger partial charge is 0.467 e. The lowest BCUT2D eigenvalue weighted by molar-refractivity contribution is -0.142. The van der Waals surface area contributed by atoms with Gasteiger partial charge in [0.1, 0.15) is 23.7 Å². The summed E-state index contributed by atoms with van der Waals surface area (Å²) in [5.74, 6) is -2.34. The molecular weight excluding hydrogens is 564 g/mol. The van der Waals surface area contributed by atoms with Gasteiger partial charge in [-0.25, -0.2) is 9.59 Å². The van der Waals surface area contributed by atoms with Crippen LogP contribution in [-0.4, -0.2) is 60.6 Å². The Labute approximate surface area is 259 Å². The summed E-state index contributed by atoms with van der Waals surface area (Å²) in [6.45, 7) is 12.6. The average molecular weight is 611 g/mol. The number of carbonyl (C=O) groups excluding carboxylic acids is 5. The maximum absolute atomic E-state index is 13.3. The van der Waals surface area contributed by atoms with E-state index in [-0.39, 0.29) is 23.8 Å². The van der Waals surface area contributed by atoms with Gasteiger partial charge < -0.3 is 30.7 Å². The smallest absolute Gasteiger partial charge is 0.408 e. The van der Waals surface area contributed by atoms with Crippen LogP contribution in [-0.2, 0) is 30.3 Å². The third-order valence-electron chi connectivity index (χ3n) is 6.43. The minimum absolute atomic E-state index is 0.0763. The molecule has 0 aliphatic rings. The molecular formula is C33H46N4O7. The summed E-state index contributed by atoms with van der Waals surface area (Å²) in [5, 5.41) is 10.9. The topological polar surface area (TPSA) is 152 Å². The minimum Gasteiger partial charge on any atom is -0.467 e. The number of nitrogens with one attached hydrogen (secondary N) is 4. The van der Waals surface area contributed by atoms with Crippen molar-refractivity contribution in [2.45, 2.75) is 85.0 Å². The molecule has 11 heteroatoms. The van der Waals surface area contributed by atoms with Gasteiger partial charge in [0.25, 0.3) is 5.91 Å². The number of anilines is 1. The summed E-state index contributed by atoms with van der Waals surface area (Å²) in [5.41, 5.74) is 0.652. The second-order valence-corrected chi connectivity index (χ2v) is 12.4. The standard InChI is InChI=1S/C33H46N4O7/c1-20(2)17-25(36-32(42)44-33(5,6)7)29(39)37-27(21(3)4)30(40)34-24-16-12-15-23(19-24)28(38)35-26(31(41)43-8)18-22-13-10-9-11-14-22/h9-16,19-21,25-27H,17-18H2,1-8H3,(H,34,40)(H,35,38)(H,36,42)(H,37,39)/t25-,26-,27-/m0/s1. The van der Waals surface area contributed by atoms with Crippen molar-refractivity contribution in [2.75, 3.05) is 12.4 Å². The Morgan fingerprint density at radius 1 is 0.795 bits per heavy atom. The fourth-order valence-electron chi connectivity index (χ4n) is 4.33. The van der Waals surface area contributed by atoms with Crippen LogP contribution in [0.15, 0.2) is 54.6 Å². The van der Waals surface area contributed by atoms with Gasteiger partial charge in [0.05, 0.1) is 7.11 Å². The van der Waals surface area contributed by atoms with Crippen molar-refractivity contribution in [3.05, 3.63) is 65.7 Å². The third kappa shape index (κ3) is 12.1. The van der Waals surface area contributed by atoms with Gasteiger partial charge in [-0.05, 0) is 62.8 Å². The van der Waals surface area contributed by atoms with Gasteiger partial charge in [-0.2, -0.15) is 0 Å². The molecule has 2 rings (SSSR count). The number of carbonyl (C=O) groups is 5. The zero-order valence-electron chi connectivity index (χ0n) is 26.9. The Bertz CT molecular complexity index is 1290. The van der Waals surface area contributed by atoms with Crippen LogP contribution in [0.3, 0.4) is 0 Å². The molecule has 0 spiro atoms. The first-order valence-corrected chi connectivity index (χ1v) is 14.7. The van der Waals surface area contributed by atoms with Crippen LogP contribution in [0.1, 0.15) is 70.8 Å². The minimum atomic E-state index is -0.940. The van der Waals surface area contributed by atoms with Crippen molar-refractivity contribution in [3.63, 3.8) is 0 Å². The molecule has 0 saturated heterocycles. The highest BCUT2D eigenvalue weighted by Gasteiger charge is 2.31. The maximum Gasteiger partial charge on any atom is 0.408 e. The Balaban J connectivity index is 2.15. The van der Waals surface area contributed by atoms with Crippen LogP contribution in [0.4, 0.5) is 10.5 Å². The summed E-state index contributed by atoms with van der Waals surface area (Å²) in [6, 6.07) is 12.7. The number of hydrogen-bond acceptors (Lipinski definition) is 7. The fraction of sp³-hybridized carbons (Fsp3) is 0.485. The van der Waals surface area contributed by atoms with E-state index in [0.717, 1.165) is 5.56 Å². The van der Waals surface area contributed by atoms with E-state index < -0.39 is 53.5 Å². The van der Waals surface area contributed by atoms with Crippen molar-refractivity contribution in [2.24, 2.45) is 11.8 Å². The van der Waals surface area contributed by atoms with Crippen molar-refractivity contribution >= 4 is 35.5 Å². The number of ether oxygens (including phenoxy) is 2. The molecule has 0 heterocycles.